The predicted octanol–water partition coefficient (Wildman–Crippen LogP) is 3.85. The number of furan rings is 1. The van der Waals surface area contributed by atoms with E-state index in [-0.39, 0.29) is 18.7 Å². The molecule has 8 nitrogen and oxygen atoms in total. The zero-order valence-electron chi connectivity index (χ0n) is 16.1. The number of carbonyl (C=O) groups is 3. The van der Waals surface area contributed by atoms with E-state index < -0.39 is 35.8 Å². The monoisotopic (exact) mass is 425 g/mol. The van der Waals surface area contributed by atoms with Gasteiger partial charge in [-0.3, -0.25) is 9.69 Å². The first-order chi connectivity index (χ1) is 13.5. The van der Waals surface area contributed by atoms with Gasteiger partial charge in [0.25, 0.3) is 5.91 Å². The Bertz CT molecular complexity index is 970. The summed E-state index contributed by atoms with van der Waals surface area (Å²) in [4.78, 5) is 39.4. The number of hydrogen-bond acceptors (Lipinski definition) is 5. The molecule has 1 aromatic carbocycles. The molecule has 0 radical (unpaired) electrons. The molecule has 1 aliphatic rings. The normalized spacial score (nSPS) is 19.4. The Morgan fingerprint density at radius 3 is 2.66 bits per heavy atom. The van der Waals surface area contributed by atoms with Crippen LogP contribution >= 0.6 is 11.6 Å². The number of halogens is 2. The number of carbonyl (C=O) groups excluding carboxylic acids is 3. The van der Waals surface area contributed by atoms with E-state index in [1.54, 1.807) is 32.9 Å². The lowest BCUT2D eigenvalue weighted by atomic mass is 10.1. The fourth-order valence-electron chi connectivity index (χ4n) is 3.20. The van der Waals surface area contributed by atoms with Gasteiger partial charge in [-0.25, -0.2) is 18.9 Å². The van der Waals surface area contributed by atoms with Crippen LogP contribution in [0.1, 0.15) is 27.2 Å². The molecule has 0 aliphatic carbocycles. The second-order valence-corrected chi connectivity index (χ2v) is 8.19. The number of urea groups is 1. The number of alkyl halides is 1. The fraction of sp³-hybridized carbons (Fsp3) is 0.421. The van der Waals surface area contributed by atoms with Crippen molar-refractivity contribution in [3.8, 4) is 0 Å². The number of fused-ring (bicyclic) bond motifs is 1. The smallest absolute Gasteiger partial charge is 0.411 e. The van der Waals surface area contributed by atoms with Gasteiger partial charge in [0, 0.05) is 16.8 Å². The molecule has 3 rings (SSSR count). The van der Waals surface area contributed by atoms with Crippen LogP contribution in [0, 0.1) is 0 Å². The van der Waals surface area contributed by atoms with Crippen LogP contribution in [0.2, 0.25) is 5.02 Å². The van der Waals surface area contributed by atoms with Gasteiger partial charge >= 0.3 is 12.1 Å². The van der Waals surface area contributed by atoms with Crippen molar-refractivity contribution in [3.05, 3.63) is 29.5 Å². The number of amides is 4. The van der Waals surface area contributed by atoms with E-state index in [1.807, 2.05) is 0 Å². The molecule has 29 heavy (non-hydrogen) atoms. The number of nitrogens with two attached hydrogens (primary N) is 1. The third kappa shape index (κ3) is 4.29. The Kier molecular flexibility index (Phi) is 5.44. The predicted molar refractivity (Wildman–Crippen MR) is 105 cm³/mol. The second-order valence-electron chi connectivity index (χ2n) is 7.75. The van der Waals surface area contributed by atoms with Crippen LogP contribution in [0.15, 0.2) is 28.9 Å². The van der Waals surface area contributed by atoms with E-state index in [1.165, 1.54) is 12.3 Å². The third-order valence-corrected chi connectivity index (χ3v) is 4.59. The van der Waals surface area contributed by atoms with Crippen molar-refractivity contribution in [3.63, 3.8) is 0 Å². The fourth-order valence-corrected chi connectivity index (χ4v) is 3.37. The maximum Gasteiger partial charge on any atom is 0.411 e. The molecule has 2 atom stereocenters. The number of anilines is 1. The van der Waals surface area contributed by atoms with Crippen LogP contribution in [-0.4, -0.2) is 47.3 Å². The minimum Gasteiger partial charge on any atom is -0.462 e. The Morgan fingerprint density at radius 1 is 1.34 bits per heavy atom. The lowest BCUT2D eigenvalue weighted by molar-refractivity contribution is -0.122. The highest BCUT2D eigenvalue weighted by Crippen LogP contribution is 2.33. The van der Waals surface area contributed by atoms with Crippen LogP contribution in [0.5, 0.6) is 0 Å². The highest BCUT2D eigenvalue weighted by Gasteiger charge is 2.45. The van der Waals surface area contributed by atoms with Crippen molar-refractivity contribution < 1.29 is 27.9 Å². The topological polar surface area (TPSA) is 106 Å². The summed E-state index contributed by atoms with van der Waals surface area (Å²) < 4.78 is 24.8. The number of primary amides is 1. The summed E-state index contributed by atoms with van der Waals surface area (Å²) in [5, 5.41) is 0.736. The summed E-state index contributed by atoms with van der Waals surface area (Å²) in [6.45, 7) is 4.64. The lowest BCUT2D eigenvalue weighted by Gasteiger charge is -2.29. The Labute approximate surface area is 171 Å². The molecule has 10 heteroatoms. The highest BCUT2D eigenvalue weighted by molar-refractivity contribution is 6.31. The maximum absolute atomic E-state index is 14.1. The van der Waals surface area contributed by atoms with Gasteiger partial charge in [0.2, 0.25) is 0 Å². The van der Waals surface area contributed by atoms with Crippen molar-refractivity contribution >= 4 is 46.3 Å². The number of likely N-dealkylation sites (tertiary alicyclic amines) is 1. The molecule has 156 valence electrons. The standard InChI is InChI=1S/C19H21ClFN3O5/c1-19(2,3)29-18(27)23-8-11(21)7-13(23)16(25)24(17(22)26)14-9-28-15-5-4-10(20)6-12(14)15/h4-6,9,11,13H,7-8H2,1-3H3,(H2,22,26)/t11-,13-/m0/s1. The number of hydrogen-bond donors (Lipinski definition) is 1. The highest BCUT2D eigenvalue weighted by atomic mass is 35.5. The molecule has 4 amide bonds. The summed E-state index contributed by atoms with van der Waals surface area (Å²) in [6, 6.07) is 2.32. The van der Waals surface area contributed by atoms with Gasteiger partial charge in [-0.05, 0) is 39.0 Å². The molecule has 0 spiro atoms. The lowest BCUT2D eigenvalue weighted by Crippen LogP contribution is -2.52. The van der Waals surface area contributed by atoms with Gasteiger partial charge < -0.3 is 14.9 Å². The first kappa shape index (κ1) is 20.9. The van der Waals surface area contributed by atoms with Gasteiger partial charge in [0.15, 0.2) is 0 Å². The average molecular weight is 426 g/mol. The van der Waals surface area contributed by atoms with E-state index in [9.17, 15) is 18.8 Å². The van der Waals surface area contributed by atoms with Crippen LogP contribution < -0.4 is 10.6 Å². The Balaban J connectivity index is 1.96. The molecule has 2 N–H and O–H groups in total. The van der Waals surface area contributed by atoms with Gasteiger partial charge in [-0.1, -0.05) is 11.6 Å². The van der Waals surface area contributed by atoms with Gasteiger partial charge in [-0.15, -0.1) is 0 Å². The molecule has 1 aliphatic heterocycles. The Hall–Kier alpha value is -2.81. The summed E-state index contributed by atoms with van der Waals surface area (Å²) in [7, 11) is 0. The number of nitrogens with zero attached hydrogens (tertiary/aromatic N) is 2. The van der Waals surface area contributed by atoms with Crippen LogP contribution in [0.25, 0.3) is 11.0 Å². The number of rotatable bonds is 2. The van der Waals surface area contributed by atoms with E-state index in [2.05, 4.69) is 0 Å². The number of benzene rings is 1. The molecule has 2 aromatic rings. The van der Waals surface area contributed by atoms with Gasteiger partial charge in [0.05, 0.1) is 12.2 Å². The molecule has 0 unspecified atom stereocenters. The minimum absolute atomic E-state index is 0.0615. The molecule has 0 saturated carbocycles. The molecular weight excluding hydrogens is 405 g/mol. The summed E-state index contributed by atoms with van der Waals surface area (Å²) >= 11 is 6.00. The summed E-state index contributed by atoms with van der Waals surface area (Å²) in [5.74, 6) is -0.855. The first-order valence-electron chi connectivity index (χ1n) is 8.92. The molecule has 1 fully saturated rings. The Morgan fingerprint density at radius 2 is 2.03 bits per heavy atom. The molecule has 1 saturated heterocycles. The average Bonchev–Trinajstić information content (AvgIpc) is 3.17. The summed E-state index contributed by atoms with van der Waals surface area (Å²) in [6.07, 6.45) is -1.39. The van der Waals surface area contributed by atoms with E-state index in [0.717, 1.165) is 4.90 Å². The van der Waals surface area contributed by atoms with Crippen LogP contribution in [-0.2, 0) is 9.53 Å². The van der Waals surface area contributed by atoms with Crippen molar-refractivity contribution in [1.82, 2.24) is 4.90 Å². The van der Waals surface area contributed by atoms with E-state index >= 15 is 0 Å². The number of ether oxygens (including phenoxy) is 1. The SMILES string of the molecule is CC(C)(C)OC(=O)N1C[C@@H](F)C[C@H]1C(=O)N(C(N)=O)c1coc2ccc(Cl)cc12. The largest absolute Gasteiger partial charge is 0.462 e. The van der Waals surface area contributed by atoms with Crippen molar-refractivity contribution in [2.75, 3.05) is 11.4 Å². The molecule has 0 bridgehead atoms. The molecular formula is C19H21ClFN3O5. The molecule has 1 aromatic heterocycles. The quantitative estimate of drug-likeness (QED) is 0.786. The van der Waals surface area contributed by atoms with Crippen LogP contribution in [0.4, 0.5) is 19.7 Å². The van der Waals surface area contributed by atoms with Crippen molar-refractivity contribution in [2.24, 2.45) is 5.73 Å². The second kappa shape index (κ2) is 7.55. The minimum atomic E-state index is -1.44. The third-order valence-electron chi connectivity index (χ3n) is 4.36. The van der Waals surface area contributed by atoms with Gasteiger partial charge in [0.1, 0.15) is 29.7 Å². The maximum atomic E-state index is 14.1. The van der Waals surface area contributed by atoms with Crippen LogP contribution in [0.3, 0.4) is 0 Å². The number of imide groups is 1. The summed E-state index contributed by atoms with van der Waals surface area (Å²) in [5.41, 5.74) is 5.05. The molecule has 2 heterocycles. The first-order valence-corrected chi connectivity index (χ1v) is 9.29. The van der Waals surface area contributed by atoms with Crippen molar-refractivity contribution in [1.29, 1.82) is 0 Å². The zero-order chi connectivity index (χ0) is 21.5. The van der Waals surface area contributed by atoms with E-state index in [0.29, 0.717) is 20.9 Å². The zero-order valence-corrected chi connectivity index (χ0v) is 16.9. The van der Waals surface area contributed by atoms with Gasteiger partial charge in [-0.2, -0.15) is 0 Å². The van der Waals surface area contributed by atoms with E-state index in [4.69, 9.17) is 26.5 Å². The van der Waals surface area contributed by atoms with Crippen molar-refractivity contribution in [2.45, 2.75) is 45.0 Å².